The van der Waals surface area contributed by atoms with Gasteiger partial charge >= 0.3 is 0 Å². The lowest BCUT2D eigenvalue weighted by Crippen LogP contribution is -2.26. The van der Waals surface area contributed by atoms with Crippen molar-refractivity contribution in [2.45, 2.75) is 31.8 Å². The Labute approximate surface area is 127 Å². The molecule has 2 heterocycles. The number of hydrogen-bond acceptors (Lipinski definition) is 4. The molecule has 1 aromatic carbocycles. The van der Waals surface area contributed by atoms with Crippen molar-refractivity contribution >= 4 is 22.4 Å². The molecule has 1 atom stereocenters. The topological polar surface area (TPSA) is 51.2 Å². The third-order valence-corrected chi connectivity index (χ3v) is 5.09. The molecular weight excluding hydrogens is 284 g/mol. The van der Waals surface area contributed by atoms with Gasteiger partial charge in [0.1, 0.15) is 6.10 Å². The van der Waals surface area contributed by atoms with Crippen LogP contribution >= 0.6 is 11.3 Å². The second-order valence-corrected chi connectivity index (χ2v) is 6.44. The van der Waals surface area contributed by atoms with E-state index in [1.165, 1.54) is 16.0 Å². The number of nitrogens with zero attached hydrogens (tertiary/aromatic N) is 1. The normalized spacial score (nSPS) is 19.9. The molecule has 5 heteroatoms. The Bertz CT molecular complexity index is 689. The number of hydrogen-bond donors (Lipinski definition) is 1. The van der Waals surface area contributed by atoms with Crippen LogP contribution in [-0.2, 0) is 22.4 Å². The van der Waals surface area contributed by atoms with Gasteiger partial charge in [0.05, 0.1) is 10.6 Å². The van der Waals surface area contributed by atoms with Crippen molar-refractivity contribution in [2.75, 3.05) is 11.9 Å². The zero-order chi connectivity index (χ0) is 14.2. The van der Waals surface area contributed by atoms with Crippen LogP contribution in [0.15, 0.2) is 24.3 Å². The van der Waals surface area contributed by atoms with Gasteiger partial charge in [0.25, 0.3) is 5.91 Å². The van der Waals surface area contributed by atoms with Crippen molar-refractivity contribution in [2.24, 2.45) is 0 Å². The first-order valence-electron chi connectivity index (χ1n) is 7.32. The second kappa shape index (κ2) is 5.24. The summed E-state index contributed by atoms with van der Waals surface area (Å²) >= 11 is 1.57. The highest BCUT2D eigenvalue weighted by Gasteiger charge is 2.26. The van der Waals surface area contributed by atoms with Gasteiger partial charge < -0.3 is 4.74 Å². The van der Waals surface area contributed by atoms with Gasteiger partial charge in [-0.1, -0.05) is 35.6 Å². The Morgan fingerprint density at radius 3 is 3.10 bits per heavy atom. The summed E-state index contributed by atoms with van der Waals surface area (Å²) in [6.07, 6.45) is 3.42. The van der Waals surface area contributed by atoms with Crippen molar-refractivity contribution in [3.05, 3.63) is 35.5 Å². The fraction of sp³-hybridized carbons (Fsp3) is 0.375. The first kappa shape index (κ1) is 13.0. The number of rotatable bonds is 2. The Morgan fingerprint density at radius 2 is 2.24 bits per heavy atom. The number of anilines is 1. The van der Waals surface area contributed by atoms with E-state index in [-0.39, 0.29) is 12.0 Å². The van der Waals surface area contributed by atoms with Crippen LogP contribution in [0.4, 0.5) is 5.13 Å². The molecule has 108 valence electrons. The Kier molecular flexibility index (Phi) is 3.24. The van der Waals surface area contributed by atoms with Gasteiger partial charge in [-0.2, -0.15) is 0 Å². The first-order valence-corrected chi connectivity index (χ1v) is 8.13. The summed E-state index contributed by atoms with van der Waals surface area (Å²) in [5.41, 5.74) is 3.72. The third kappa shape index (κ3) is 2.36. The number of aryl methyl sites for hydroxylation is 2. The molecule has 1 amide bonds. The van der Waals surface area contributed by atoms with Crippen LogP contribution in [0.5, 0.6) is 0 Å². The van der Waals surface area contributed by atoms with Gasteiger partial charge in [-0.25, -0.2) is 4.98 Å². The van der Waals surface area contributed by atoms with Crippen molar-refractivity contribution in [1.82, 2.24) is 4.98 Å². The standard InChI is InChI=1S/C16H16N2O2S/c19-15(13-6-3-9-20-13)18-16-17-12-8-7-10-4-1-2-5-11(10)14(12)21-16/h1-2,4-5,13H,3,6-9H2,(H,17,18,19)/t13-/m1/s1. The number of thiazole rings is 1. The van der Waals surface area contributed by atoms with Crippen LogP contribution in [0.2, 0.25) is 0 Å². The molecule has 1 N–H and O–H groups in total. The molecule has 4 rings (SSSR count). The van der Waals surface area contributed by atoms with Gasteiger partial charge in [0.15, 0.2) is 5.13 Å². The summed E-state index contributed by atoms with van der Waals surface area (Å²) in [5.74, 6) is -0.0631. The van der Waals surface area contributed by atoms with Gasteiger partial charge in [0.2, 0.25) is 0 Å². The van der Waals surface area contributed by atoms with Crippen molar-refractivity contribution in [1.29, 1.82) is 0 Å². The van der Waals surface area contributed by atoms with E-state index in [2.05, 4.69) is 34.6 Å². The quantitative estimate of drug-likeness (QED) is 0.927. The highest BCUT2D eigenvalue weighted by Crippen LogP contribution is 2.39. The summed E-state index contributed by atoms with van der Waals surface area (Å²) in [5, 5.41) is 3.61. The maximum atomic E-state index is 12.1. The zero-order valence-electron chi connectivity index (χ0n) is 11.6. The van der Waals surface area contributed by atoms with Crippen LogP contribution < -0.4 is 5.32 Å². The van der Waals surface area contributed by atoms with E-state index < -0.39 is 0 Å². The second-order valence-electron chi connectivity index (χ2n) is 5.44. The third-order valence-electron chi connectivity index (χ3n) is 4.04. The van der Waals surface area contributed by atoms with E-state index >= 15 is 0 Å². The lowest BCUT2D eigenvalue weighted by atomic mass is 9.94. The average molecular weight is 300 g/mol. The van der Waals surface area contributed by atoms with E-state index in [1.807, 2.05) is 0 Å². The molecule has 4 nitrogen and oxygen atoms in total. The molecule has 2 aromatic rings. The van der Waals surface area contributed by atoms with E-state index in [0.717, 1.165) is 31.4 Å². The largest absolute Gasteiger partial charge is 0.368 e. The van der Waals surface area contributed by atoms with Crippen LogP contribution in [0.3, 0.4) is 0 Å². The molecule has 0 spiro atoms. The summed E-state index contributed by atoms with van der Waals surface area (Å²) in [6.45, 7) is 0.680. The van der Waals surface area contributed by atoms with Gasteiger partial charge in [-0.05, 0) is 36.8 Å². The summed E-state index contributed by atoms with van der Waals surface area (Å²) in [7, 11) is 0. The predicted octanol–water partition coefficient (Wildman–Crippen LogP) is 3.03. The number of benzene rings is 1. The average Bonchev–Trinajstić information content (AvgIpc) is 3.16. The van der Waals surface area contributed by atoms with Crippen LogP contribution in [0.25, 0.3) is 10.4 Å². The number of aromatic nitrogens is 1. The summed E-state index contributed by atoms with van der Waals surface area (Å²) in [4.78, 5) is 17.9. The number of ether oxygens (including phenoxy) is 1. The molecule has 1 fully saturated rings. The van der Waals surface area contributed by atoms with Crippen LogP contribution in [-0.4, -0.2) is 23.6 Å². The molecule has 21 heavy (non-hydrogen) atoms. The fourth-order valence-electron chi connectivity index (χ4n) is 2.97. The van der Waals surface area contributed by atoms with Crippen LogP contribution in [0.1, 0.15) is 24.1 Å². The Hall–Kier alpha value is -1.72. The van der Waals surface area contributed by atoms with Gasteiger partial charge in [0, 0.05) is 6.61 Å². The summed E-state index contributed by atoms with van der Waals surface area (Å²) in [6, 6.07) is 8.43. The zero-order valence-corrected chi connectivity index (χ0v) is 12.4. The molecule has 1 aromatic heterocycles. The molecule has 1 aliphatic heterocycles. The van der Waals surface area contributed by atoms with Gasteiger partial charge in [-0.15, -0.1) is 0 Å². The minimum absolute atomic E-state index is 0.0631. The van der Waals surface area contributed by atoms with Crippen molar-refractivity contribution < 1.29 is 9.53 Å². The molecular formula is C16H16N2O2S. The Morgan fingerprint density at radius 1 is 1.33 bits per heavy atom. The predicted molar refractivity (Wildman–Crippen MR) is 82.6 cm³/mol. The van der Waals surface area contributed by atoms with Gasteiger partial charge in [-0.3, -0.25) is 10.1 Å². The molecule has 0 saturated carbocycles. The molecule has 1 aliphatic carbocycles. The maximum absolute atomic E-state index is 12.1. The minimum Gasteiger partial charge on any atom is -0.368 e. The van der Waals surface area contributed by atoms with Crippen LogP contribution in [0, 0.1) is 0 Å². The number of carbonyl (C=O) groups excluding carboxylic acids is 1. The lowest BCUT2D eigenvalue weighted by Gasteiger charge is -2.13. The summed E-state index contributed by atoms with van der Waals surface area (Å²) < 4.78 is 5.41. The number of carbonyl (C=O) groups is 1. The first-order chi connectivity index (χ1) is 10.3. The van der Waals surface area contributed by atoms with E-state index in [1.54, 1.807) is 11.3 Å². The number of fused-ring (bicyclic) bond motifs is 3. The van der Waals surface area contributed by atoms with E-state index in [9.17, 15) is 4.79 Å². The van der Waals surface area contributed by atoms with E-state index in [0.29, 0.717) is 11.7 Å². The highest BCUT2D eigenvalue weighted by molar-refractivity contribution is 7.19. The van der Waals surface area contributed by atoms with Crippen molar-refractivity contribution in [3.63, 3.8) is 0 Å². The SMILES string of the molecule is O=C(Nc1nc2c(s1)-c1ccccc1CC2)[C@H]1CCCO1. The molecule has 1 saturated heterocycles. The Balaban J connectivity index is 1.60. The lowest BCUT2D eigenvalue weighted by molar-refractivity contribution is -0.124. The minimum atomic E-state index is -0.307. The highest BCUT2D eigenvalue weighted by atomic mass is 32.1. The smallest absolute Gasteiger partial charge is 0.255 e. The van der Waals surface area contributed by atoms with E-state index in [4.69, 9.17) is 4.74 Å². The molecule has 0 unspecified atom stereocenters. The number of amides is 1. The molecule has 0 radical (unpaired) electrons. The number of nitrogens with one attached hydrogen (secondary N) is 1. The molecule has 0 bridgehead atoms. The maximum Gasteiger partial charge on any atom is 0.255 e. The fourth-order valence-corrected chi connectivity index (χ4v) is 4.04. The molecule has 2 aliphatic rings. The monoisotopic (exact) mass is 300 g/mol. The van der Waals surface area contributed by atoms with Crippen molar-refractivity contribution in [3.8, 4) is 10.4 Å².